The maximum absolute atomic E-state index is 12.8. The van der Waals surface area contributed by atoms with Crippen molar-refractivity contribution in [1.29, 1.82) is 0 Å². The monoisotopic (exact) mass is 310 g/mol. The highest BCUT2D eigenvalue weighted by Crippen LogP contribution is 2.17. The van der Waals surface area contributed by atoms with Crippen molar-refractivity contribution < 1.29 is 19.0 Å². The SMILES string of the molecule is CNC(=O)C1CCCN(CC(O)COc2ccc(F)cc2)C1. The molecule has 0 spiro atoms. The van der Waals surface area contributed by atoms with Gasteiger partial charge in [0.1, 0.15) is 24.3 Å². The lowest BCUT2D eigenvalue weighted by Crippen LogP contribution is -2.45. The minimum atomic E-state index is -0.645. The van der Waals surface area contributed by atoms with E-state index >= 15 is 0 Å². The first-order valence-corrected chi connectivity index (χ1v) is 7.59. The van der Waals surface area contributed by atoms with Crippen molar-refractivity contribution in [2.24, 2.45) is 5.92 Å². The quantitative estimate of drug-likeness (QED) is 0.824. The molecule has 0 aliphatic carbocycles. The molecule has 1 aromatic rings. The lowest BCUT2D eigenvalue weighted by molar-refractivity contribution is -0.126. The van der Waals surface area contributed by atoms with Crippen LogP contribution in [0.5, 0.6) is 5.75 Å². The summed E-state index contributed by atoms with van der Waals surface area (Å²) >= 11 is 0. The molecule has 0 radical (unpaired) electrons. The van der Waals surface area contributed by atoms with Crippen LogP contribution in [0.3, 0.4) is 0 Å². The fraction of sp³-hybridized carbons (Fsp3) is 0.562. The molecule has 2 rings (SSSR count). The van der Waals surface area contributed by atoms with Crippen LogP contribution >= 0.6 is 0 Å². The summed E-state index contributed by atoms with van der Waals surface area (Å²) in [6, 6.07) is 5.70. The molecule has 0 saturated carbocycles. The second-order valence-electron chi connectivity index (χ2n) is 5.63. The number of piperidine rings is 1. The maximum atomic E-state index is 12.8. The van der Waals surface area contributed by atoms with E-state index in [1.807, 2.05) is 0 Å². The van der Waals surface area contributed by atoms with Crippen molar-refractivity contribution >= 4 is 5.91 Å². The highest BCUT2D eigenvalue weighted by molar-refractivity contribution is 5.78. The number of halogens is 1. The van der Waals surface area contributed by atoms with Crippen LogP contribution in [0, 0.1) is 11.7 Å². The van der Waals surface area contributed by atoms with E-state index in [2.05, 4.69) is 10.2 Å². The number of rotatable bonds is 6. The van der Waals surface area contributed by atoms with Crippen molar-refractivity contribution in [3.63, 3.8) is 0 Å². The Morgan fingerprint density at radius 3 is 2.91 bits per heavy atom. The number of aliphatic hydroxyl groups excluding tert-OH is 1. The zero-order chi connectivity index (χ0) is 15.9. The van der Waals surface area contributed by atoms with Crippen molar-refractivity contribution in [2.45, 2.75) is 18.9 Å². The maximum Gasteiger partial charge on any atom is 0.224 e. The minimum absolute atomic E-state index is 0.0102. The van der Waals surface area contributed by atoms with Crippen LogP contribution in [0.1, 0.15) is 12.8 Å². The number of benzene rings is 1. The number of hydrogen-bond donors (Lipinski definition) is 2. The van der Waals surface area contributed by atoms with Gasteiger partial charge in [0.05, 0.1) is 5.92 Å². The van der Waals surface area contributed by atoms with Gasteiger partial charge in [-0.1, -0.05) is 0 Å². The summed E-state index contributed by atoms with van der Waals surface area (Å²) in [5.41, 5.74) is 0. The first kappa shape index (κ1) is 16.7. The Kier molecular flexibility index (Phi) is 6.15. The van der Waals surface area contributed by atoms with Crippen molar-refractivity contribution in [1.82, 2.24) is 10.2 Å². The number of aliphatic hydroxyl groups is 1. The topological polar surface area (TPSA) is 61.8 Å². The predicted octanol–water partition coefficient (Wildman–Crippen LogP) is 1.02. The number of β-amino-alcohol motifs (C(OH)–C–C–N with tert-alkyl or cyclic N) is 1. The standard InChI is InChI=1S/C16H23FN2O3/c1-18-16(21)12-3-2-8-19(9-12)10-14(20)11-22-15-6-4-13(17)5-7-15/h4-7,12,14,20H,2-3,8-11H2,1H3,(H,18,21). The molecule has 1 aliphatic heterocycles. The van der Waals surface area contributed by atoms with Crippen LogP contribution in [-0.2, 0) is 4.79 Å². The van der Waals surface area contributed by atoms with E-state index in [0.717, 1.165) is 19.4 Å². The van der Waals surface area contributed by atoms with Crippen LogP contribution < -0.4 is 10.1 Å². The average molecular weight is 310 g/mol. The molecule has 1 aliphatic rings. The average Bonchev–Trinajstić information content (AvgIpc) is 2.54. The minimum Gasteiger partial charge on any atom is -0.491 e. The Labute approximate surface area is 130 Å². The first-order valence-electron chi connectivity index (χ1n) is 7.59. The van der Waals surface area contributed by atoms with Crippen molar-refractivity contribution in [2.75, 3.05) is 33.3 Å². The van der Waals surface area contributed by atoms with Gasteiger partial charge in [-0.05, 0) is 43.7 Å². The van der Waals surface area contributed by atoms with Gasteiger partial charge in [0.15, 0.2) is 0 Å². The highest BCUT2D eigenvalue weighted by atomic mass is 19.1. The van der Waals surface area contributed by atoms with Crippen LogP contribution in [0.15, 0.2) is 24.3 Å². The molecule has 6 heteroatoms. The lowest BCUT2D eigenvalue weighted by Gasteiger charge is -2.32. The first-order chi connectivity index (χ1) is 10.6. The zero-order valence-electron chi connectivity index (χ0n) is 12.8. The van der Waals surface area contributed by atoms with Gasteiger partial charge in [0.2, 0.25) is 5.91 Å². The third kappa shape index (κ3) is 4.96. The molecule has 0 aromatic heterocycles. The summed E-state index contributed by atoms with van der Waals surface area (Å²) < 4.78 is 18.2. The molecule has 2 unspecified atom stereocenters. The Morgan fingerprint density at radius 1 is 1.50 bits per heavy atom. The van der Waals surface area contributed by atoms with E-state index in [1.165, 1.54) is 24.3 Å². The third-order valence-electron chi connectivity index (χ3n) is 3.85. The molecule has 2 atom stereocenters. The molecule has 1 fully saturated rings. The number of nitrogens with zero attached hydrogens (tertiary/aromatic N) is 1. The number of ether oxygens (including phenoxy) is 1. The van der Waals surface area contributed by atoms with E-state index in [-0.39, 0.29) is 24.2 Å². The zero-order valence-corrected chi connectivity index (χ0v) is 12.8. The highest BCUT2D eigenvalue weighted by Gasteiger charge is 2.26. The molecule has 2 N–H and O–H groups in total. The van der Waals surface area contributed by atoms with E-state index < -0.39 is 6.10 Å². The van der Waals surface area contributed by atoms with E-state index in [9.17, 15) is 14.3 Å². The summed E-state index contributed by atoms with van der Waals surface area (Å²) in [6.45, 7) is 2.15. The number of carbonyl (C=O) groups is 1. The number of likely N-dealkylation sites (tertiary alicyclic amines) is 1. The normalized spacial score (nSPS) is 20.4. The molecule has 1 saturated heterocycles. The van der Waals surface area contributed by atoms with Crippen LogP contribution in [-0.4, -0.2) is 55.3 Å². The Balaban J connectivity index is 1.75. The number of nitrogens with one attached hydrogen (secondary N) is 1. The number of hydrogen-bond acceptors (Lipinski definition) is 4. The predicted molar refractivity (Wildman–Crippen MR) is 81.1 cm³/mol. The van der Waals surface area contributed by atoms with Crippen molar-refractivity contribution in [3.8, 4) is 5.75 Å². The summed E-state index contributed by atoms with van der Waals surface area (Å²) in [5.74, 6) is 0.259. The molecular formula is C16H23FN2O3. The van der Waals surface area contributed by atoms with E-state index in [0.29, 0.717) is 18.8 Å². The van der Waals surface area contributed by atoms with E-state index in [4.69, 9.17) is 4.74 Å². The van der Waals surface area contributed by atoms with Gasteiger partial charge in [-0.25, -0.2) is 4.39 Å². The smallest absolute Gasteiger partial charge is 0.224 e. The van der Waals surface area contributed by atoms with Crippen molar-refractivity contribution in [3.05, 3.63) is 30.1 Å². The third-order valence-corrected chi connectivity index (χ3v) is 3.85. The molecule has 1 aromatic carbocycles. The van der Waals surface area contributed by atoms with Gasteiger partial charge in [-0.3, -0.25) is 9.69 Å². The summed E-state index contributed by atoms with van der Waals surface area (Å²) in [4.78, 5) is 13.8. The largest absolute Gasteiger partial charge is 0.491 e. The van der Waals surface area contributed by atoms with Gasteiger partial charge in [0, 0.05) is 20.1 Å². The van der Waals surface area contributed by atoms with Crippen LogP contribution in [0.25, 0.3) is 0 Å². The fourth-order valence-electron chi connectivity index (χ4n) is 2.71. The Bertz CT molecular complexity index is 481. The molecular weight excluding hydrogens is 287 g/mol. The second kappa shape index (κ2) is 8.10. The van der Waals surface area contributed by atoms with Gasteiger partial charge < -0.3 is 15.2 Å². The Morgan fingerprint density at radius 2 is 2.23 bits per heavy atom. The molecule has 5 nitrogen and oxygen atoms in total. The fourth-order valence-corrected chi connectivity index (χ4v) is 2.71. The number of carbonyl (C=O) groups excluding carboxylic acids is 1. The molecule has 1 amide bonds. The lowest BCUT2D eigenvalue weighted by atomic mass is 9.97. The van der Waals surface area contributed by atoms with E-state index in [1.54, 1.807) is 7.05 Å². The Hall–Kier alpha value is -1.66. The molecule has 22 heavy (non-hydrogen) atoms. The van der Waals surface area contributed by atoms with Gasteiger partial charge in [0.25, 0.3) is 0 Å². The summed E-state index contributed by atoms with van der Waals surface area (Å²) in [6.07, 6.45) is 1.19. The van der Waals surface area contributed by atoms with Gasteiger partial charge >= 0.3 is 0 Å². The number of amides is 1. The van der Waals surface area contributed by atoms with Crippen LogP contribution in [0.4, 0.5) is 4.39 Å². The molecule has 122 valence electrons. The second-order valence-corrected chi connectivity index (χ2v) is 5.63. The van der Waals surface area contributed by atoms with Crippen LogP contribution in [0.2, 0.25) is 0 Å². The molecule has 0 bridgehead atoms. The van der Waals surface area contributed by atoms with Gasteiger partial charge in [-0.15, -0.1) is 0 Å². The summed E-state index contributed by atoms with van der Waals surface area (Å²) in [5, 5.41) is 12.7. The van der Waals surface area contributed by atoms with Gasteiger partial charge in [-0.2, -0.15) is 0 Å². The molecule has 1 heterocycles. The summed E-state index contributed by atoms with van der Waals surface area (Å²) in [7, 11) is 1.65.